The fourth-order valence-electron chi connectivity index (χ4n) is 1.89. The van der Waals surface area contributed by atoms with Crippen LogP contribution in [-0.4, -0.2) is 24.1 Å². The van der Waals surface area contributed by atoms with Gasteiger partial charge in [-0.05, 0) is 30.2 Å². The maximum Gasteiger partial charge on any atom is 0.148 e. The monoisotopic (exact) mass is 292 g/mol. The number of halogens is 1. The van der Waals surface area contributed by atoms with Gasteiger partial charge in [0.1, 0.15) is 5.82 Å². The molecule has 2 rings (SSSR count). The normalized spacial score (nSPS) is 29.1. The smallest absolute Gasteiger partial charge is 0.148 e. The van der Waals surface area contributed by atoms with Gasteiger partial charge in [-0.25, -0.2) is 4.68 Å². The molecule has 1 aliphatic rings. The van der Waals surface area contributed by atoms with Crippen LogP contribution in [0.2, 0.25) is 0 Å². The molecule has 1 aliphatic carbocycles. The van der Waals surface area contributed by atoms with E-state index in [-0.39, 0.29) is 0 Å². The lowest BCUT2D eigenvalue weighted by Gasteiger charge is -2.27. The Labute approximate surface area is 91.2 Å². The highest BCUT2D eigenvalue weighted by atomic mass is 127. The molecule has 0 amide bonds. The lowest BCUT2D eigenvalue weighted by Crippen LogP contribution is -2.25. The summed E-state index contributed by atoms with van der Waals surface area (Å²) >= 11 is 2.52. The van der Waals surface area contributed by atoms with Gasteiger partial charge in [-0.15, -0.1) is 5.10 Å². The van der Waals surface area contributed by atoms with Crippen molar-refractivity contribution in [2.45, 2.75) is 42.6 Å². The van der Waals surface area contributed by atoms with Crippen LogP contribution >= 0.6 is 22.6 Å². The van der Waals surface area contributed by atoms with E-state index in [1.54, 1.807) is 0 Å². The lowest BCUT2D eigenvalue weighted by molar-refractivity contribution is 0.338. The van der Waals surface area contributed by atoms with Crippen LogP contribution in [0.5, 0.6) is 0 Å². The lowest BCUT2D eigenvalue weighted by atomic mass is 9.95. The third-order valence-corrected chi connectivity index (χ3v) is 4.07. The number of alkyl halides is 1. The van der Waals surface area contributed by atoms with E-state index in [0.29, 0.717) is 9.97 Å². The predicted molar refractivity (Wildman–Crippen MR) is 57.9 cm³/mol. The van der Waals surface area contributed by atoms with Crippen LogP contribution < -0.4 is 0 Å². The van der Waals surface area contributed by atoms with Gasteiger partial charge in [-0.2, -0.15) is 0 Å². The van der Waals surface area contributed by atoms with Crippen molar-refractivity contribution >= 4 is 22.6 Å². The Morgan fingerprint density at radius 1 is 1.38 bits per heavy atom. The molecule has 4 nitrogen and oxygen atoms in total. The number of hydrogen-bond acceptors (Lipinski definition) is 3. The Morgan fingerprint density at radius 3 is 2.77 bits per heavy atom. The highest BCUT2D eigenvalue weighted by Gasteiger charge is 2.26. The van der Waals surface area contributed by atoms with Crippen molar-refractivity contribution in [2.75, 3.05) is 0 Å². The number of rotatable bonds is 1. The van der Waals surface area contributed by atoms with E-state index >= 15 is 0 Å². The summed E-state index contributed by atoms with van der Waals surface area (Å²) in [4.78, 5) is 0. The van der Waals surface area contributed by atoms with Crippen molar-refractivity contribution in [1.82, 2.24) is 20.2 Å². The van der Waals surface area contributed by atoms with Gasteiger partial charge in [-0.1, -0.05) is 35.4 Å². The Bertz CT molecular complexity index is 285. The molecule has 72 valence electrons. The third-order valence-electron chi connectivity index (χ3n) is 2.62. The van der Waals surface area contributed by atoms with Gasteiger partial charge < -0.3 is 0 Å². The first-order chi connectivity index (χ1) is 6.29. The summed E-state index contributed by atoms with van der Waals surface area (Å²) in [6, 6.07) is 0.518. The summed E-state index contributed by atoms with van der Waals surface area (Å²) in [5.74, 6) is 0.938. The second-order valence-corrected chi connectivity index (χ2v) is 5.14. The van der Waals surface area contributed by atoms with E-state index in [1.807, 2.05) is 11.6 Å². The molecule has 0 spiro atoms. The van der Waals surface area contributed by atoms with Crippen LogP contribution in [0.15, 0.2) is 0 Å². The van der Waals surface area contributed by atoms with Crippen molar-refractivity contribution in [2.24, 2.45) is 0 Å². The summed E-state index contributed by atoms with van der Waals surface area (Å²) in [6.45, 7) is 1.97. The van der Waals surface area contributed by atoms with Crippen molar-refractivity contribution < 1.29 is 0 Å². The molecule has 0 N–H and O–H groups in total. The average Bonchev–Trinajstić information content (AvgIpc) is 2.52. The molecule has 0 bridgehead atoms. The molecular weight excluding hydrogens is 279 g/mol. The second-order valence-electron chi connectivity index (χ2n) is 3.54. The molecule has 13 heavy (non-hydrogen) atoms. The minimum Gasteiger partial charge on any atom is -0.226 e. The van der Waals surface area contributed by atoms with Crippen LogP contribution in [0, 0.1) is 6.92 Å². The van der Waals surface area contributed by atoms with Gasteiger partial charge in [0, 0.05) is 3.92 Å². The van der Waals surface area contributed by atoms with E-state index in [1.165, 1.54) is 25.7 Å². The molecule has 0 saturated heterocycles. The molecule has 1 saturated carbocycles. The van der Waals surface area contributed by atoms with Crippen molar-refractivity contribution in [3.05, 3.63) is 5.82 Å². The highest BCUT2D eigenvalue weighted by Crippen LogP contribution is 2.33. The quantitative estimate of drug-likeness (QED) is 0.586. The topological polar surface area (TPSA) is 43.6 Å². The SMILES string of the molecule is Cc1nnnn1[C@H]1CCCC[C@@H]1I. The molecule has 0 aliphatic heterocycles. The summed E-state index contributed by atoms with van der Waals surface area (Å²) in [5.41, 5.74) is 0. The molecule has 1 aromatic heterocycles. The molecular formula is C8H13IN4. The number of nitrogens with zero attached hydrogens (tertiary/aromatic N) is 4. The van der Waals surface area contributed by atoms with E-state index < -0.39 is 0 Å². The molecule has 1 fully saturated rings. The second kappa shape index (κ2) is 3.89. The van der Waals surface area contributed by atoms with Gasteiger partial charge in [-0.3, -0.25) is 0 Å². The molecule has 1 aromatic rings. The summed E-state index contributed by atoms with van der Waals surface area (Å²) in [7, 11) is 0. The Morgan fingerprint density at radius 2 is 2.15 bits per heavy atom. The number of tetrazole rings is 1. The third kappa shape index (κ3) is 1.84. The largest absolute Gasteiger partial charge is 0.226 e. The molecule has 5 heteroatoms. The first kappa shape index (κ1) is 9.36. The van der Waals surface area contributed by atoms with Crippen molar-refractivity contribution in [1.29, 1.82) is 0 Å². The minimum atomic E-state index is 0.518. The first-order valence-corrected chi connectivity index (χ1v) is 5.92. The van der Waals surface area contributed by atoms with Crippen LogP contribution in [0.25, 0.3) is 0 Å². The van der Waals surface area contributed by atoms with E-state index in [2.05, 4.69) is 38.1 Å². The van der Waals surface area contributed by atoms with E-state index in [9.17, 15) is 0 Å². The Kier molecular flexibility index (Phi) is 2.80. The van der Waals surface area contributed by atoms with Crippen LogP contribution in [0.4, 0.5) is 0 Å². The number of hydrogen-bond donors (Lipinski definition) is 0. The van der Waals surface area contributed by atoms with Gasteiger partial charge in [0.05, 0.1) is 6.04 Å². The van der Waals surface area contributed by atoms with E-state index in [0.717, 1.165) is 5.82 Å². The van der Waals surface area contributed by atoms with Gasteiger partial charge >= 0.3 is 0 Å². The molecule has 2 atom stereocenters. The fraction of sp³-hybridized carbons (Fsp3) is 0.875. The standard InChI is InChI=1S/C8H13IN4/c1-6-10-11-12-13(6)8-5-3-2-4-7(8)9/h7-8H,2-5H2,1H3/t7-,8-/m0/s1. The zero-order valence-corrected chi connectivity index (χ0v) is 9.81. The van der Waals surface area contributed by atoms with Crippen molar-refractivity contribution in [3.8, 4) is 0 Å². The highest BCUT2D eigenvalue weighted by molar-refractivity contribution is 14.1. The molecule has 0 aromatic carbocycles. The minimum absolute atomic E-state index is 0.518. The van der Waals surface area contributed by atoms with E-state index in [4.69, 9.17) is 0 Å². The van der Waals surface area contributed by atoms with Gasteiger partial charge in [0.15, 0.2) is 0 Å². The first-order valence-electron chi connectivity index (χ1n) is 4.67. The Hall–Kier alpha value is -0.200. The predicted octanol–water partition coefficient (Wildman–Crippen LogP) is 1.90. The van der Waals surface area contributed by atoms with Crippen LogP contribution in [-0.2, 0) is 0 Å². The van der Waals surface area contributed by atoms with Gasteiger partial charge in [0.2, 0.25) is 0 Å². The zero-order chi connectivity index (χ0) is 9.26. The van der Waals surface area contributed by atoms with Gasteiger partial charge in [0.25, 0.3) is 0 Å². The zero-order valence-electron chi connectivity index (χ0n) is 7.65. The van der Waals surface area contributed by atoms with Crippen LogP contribution in [0.3, 0.4) is 0 Å². The number of aryl methyl sites for hydroxylation is 1. The molecule has 0 unspecified atom stereocenters. The maximum atomic E-state index is 4.04. The summed E-state index contributed by atoms with van der Waals surface area (Å²) < 4.78 is 2.67. The molecule has 1 heterocycles. The Balaban J connectivity index is 2.19. The number of aromatic nitrogens is 4. The van der Waals surface area contributed by atoms with Crippen molar-refractivity contribution in [3.63, 3.8) is 0 Å². The van der Waals surface area contributed by atoms with Crippen LogP contribution in [0.1, 0.15) is 37.5 Å². The maximum absolute atomic E-state index is 4.04. The molecule has 0 radical (unpaired) electrons. The fourth-order valence-corrected chi connectivity index (χ4v) is 2.99. The summed E-state index contributed by atoms with van der Waals surface area (Å²) in [6.07, 6.45) is 5.18. The summed E-state index contributed by atoms with van der Waals surface area (Å²) in [5, 5.41) is 11.7. The average molecular weight is 292 g/mol.